The van der Waals surface area contributed by atoms with Crippen LogP contribution in [0, 0.1) is 12.4 Å². The summed E-state index contributed by atoms with van der Waals surface area (Å²) < 4.78 is 34.0. The van der Waals surface area contributed by atoms with Crippen LogP contribution in [0.3, 0.4) is 0 Å². The topological polar surface area (TPSA) is 66.2 Å². The highest BCUT2D eigenvalue weighted by Crippen LogP contribution is 2.31. The number of cyclic esters (lactones) is 1. The van der Waals surface area contributed by atoms with Crippen molar-refractivity contribution < 1.29 is 23.1 Å². The number of anilines is 2. The van der Waals surface area contributed by atoms with Crippen LogP contribution in [0.15, 0.2) is 30.0 Å². The molecule has 0 radical (unpaired) electrons. The molecule has 0 saturated carbocycles. The molecule has 7 nitrogen and oxygen atoms in total. The average Bonchev–Trinajstić information content (AvgIpc) is 3.02. The molecule has 1 unspecified atom stereocenters. The number of carbonyl (C=O) groups is 2. The van der Waals surface area contributed by atoms with Gasteiger partial charge < -0.3 is 15.0 Å². The molecule has 2 fully saturated rings. The Morgan fingerprint density at radius 3 is 2.89 bits per heavy atom. The van der Waals surface area contributed by atoms with Crippen LogP contribution in [0.25, 0.3) is 4.85 Å². The first-order chi connectivity index (χ1) is 13.4. The molecule has 2 atom stereocenters. The van der Waals surface area contributed by atoms with Gasteiger partial charge in [-0.25, -0.2) is 18.4 Å². The van der Waals surface area contributed by atoms with E-state index in [1.165, 1.54) is 30.2 Å². The first-order valence-electron chi connectivity index (χ1n) is 8.85. The molecule has 148 valence electrons. The summed E-state index contributed by atoms with van der Waals surface area (Å²) in [4.78, 5) is 29.0. The minimum Gasteiger partial charge on any atom is -0.442 e. The minimum absolute atomic E-state index is 0.0256. The third-order valence-corrected chi connectivity index (χ3v) is 4.72. The molecule has 1 aromatic carbocycles. The maximum absolute atomic E-state index is 14.7. The van der Waals surface area contributed by atoms with Gasteiger partial charge in [0, 0.05) is 13.5 Å². The van der Waals surface area contributed by atoms with Crippen LogP contribution in [0.1, 0.15) is 13.3 Å². The van der Waals surface area contributed by atoms with E-state index >= 15 is 0 Å². The molecule has 2 heterocycles. The maximum Gasteiger partial charge on any atom is 0.414 e. The molecule has 2 aliphatic rings. The number of alkyl halides is 1. The monoisotopic (exact) mass is 390 g/mol. The molecule has 2 aliphatic heterocycles. The van der Waals surface area contributed by atoms with Gasteiger partial charge in [0.2, 0.25) is 5.91 Å². The van der Waals surface area contributed by atoms with Crippen molar-refractivity contribution in [1.29, 1.82) is 0 Å². The highest BCUT2D eigenvalue weighted by Gasteiger charge is 2.33. The summed E-state index contributed by atoms with van der Waals surface area (Å²) in [6, 6.07) is 4.31. The molecule has 0 bridgehead atoms. The molecular formula is C19H20F2N4O3. The molecule has 28 heavy (non-hydrogen) atoms. The van der Waals surface area contributed by atoms with Gasteiger partial charge in [0.05, 0.1) is 37.6 Å². The Bertz CT molecular complexity index is 852. The summed E-state index contributed by atoms with van der Waals surface area (Å²) in [6.45, 7) is 8.93. The maximum atomic E-state index is 14.7. The number of carbonyl (C=O) groups excluding carboxylic acids is 2. The zero-order valence-electron chi connectivity index (χ0n) is 15.3. The average molecular weight is 390 g/mol. The predicted octanol–water partition coefficient (Wildman–Crippen LogP) is 2.64. The Balaban J connectivity index is 1.69. The Morgan fingerprint density at radius 2 is 2.25 bits per heavy atom. The number of ether oxygens (including phenoxy) is 1. The van der Waals surface area contributed by atoms with Crippen LogP contribution in [0.5, 0.6) is 0 Å². The standard InChI is InChI=1S/C19H20F2N4O3/c1-12(26)23-9-15-10-25(19(27)28-15)14-3-4-18(16(20)7-14)24-6-5-13(8-22-2)17(21)11-24/h3-4,7-8,15,17H,5-6,9-11H2,1H3,(H,23,26)/b13-8+/t15-,17?/m0/s1. The molecule has 2 saturated heterocycles. The molecule has 1 aromatic rings. The molecular weight excluding hydrogens is 370 g/mol. The number of nitrogens with zero attached hydrogens (tertiary/aromatic N) is 3. The van der Waals surface area contributed by atoms with E-state index < -0.39 is 24.2 Å². The summed E-state index contributed by atoms with van der Waals surface area (Å²) in [5.74, 6) is -0.799. The lowest BCUT2D eigenvalue weighted by Crippen LogP contribution is -2.38. The van der Waals surface area contributed by atoms with E-state index in [1.807, 2.05) is 0 Å². The van der Waals surface area contributed by atoms with E-state index in [4.69, 9.17) is 11.3 Å². The van der Waals surface area contributed by atoms with Gasteiger partial charge >= 0.3 is 6.09 Å². The summed E-state index contributed by atoms with van der Waals surface area (Å²) in [7, 11) is 0. The first-order valence-corrected chi connectivity index (χ1v) is 8.85. The number of hydrogen-bond acceptors (Lipinski definition) is 4. The Labute approximate surface area is 161 Å². The smallest absolute Gasteiger partial charge is 0.414 e. The van der Waals surface area contributed by atoms with Crippen molar-refractivity contribution in [2.75, 3.05) is 36.0 Å². The van der Waals surface area contributed by atoms with E-state index in [0.29, 0.717) is 24.2 Å². The normalized spacial score (nSPS) is 23.5. The van der Waals surface area contributed by atoms with Crippen molar-refractivity contribution in [3.05, 3.63) is 47.2 Å². The SMILES string of the molecule is [C-]#[N+]/C=C1\CCN(c2ccc(N3C[C@H](CNC(C)=O)OC3=O)cc2F)CC1F. The zero-order valence-corrected chi connectivity index (χ0v) is 15.3. The molecule has 2 amide bonds. The number of nitrogens with one attached hydrogen (secondary N) is 1. The van der Waals surface area contributed by atoms with Crippen LogP contribution in [-0.4, -0.2) is 50.5 Å². The minimum atomic E-state index is -1.31. The molecule has 0 aromatic heterocycles. The third kappa shape index (κ3) is 4.22. The predicted molar refractivity (Wildman–Crippen MR) is 99.1 cm³/mol. The van der Waals surface area contributed by atoms with E-state index in [-0.39, 0.29) is 31.2 Å². The van der Waals surface area contributed by atoms with Crippen LogP contribution < -0.4 is 15.1 Å². The molecule has 0 aliphatic carbocycles. The highest BCUT2D eigenvalue weighted by atomic mass is 19.1. The largest absolute Gasteiger partial charge is 0.442 e. The van der Waals surface area contributed by atoms with Gasteiger partial charge in [0.1, 0.15) is 18.1 Å². The van der Waals surface area contributed by atoms with Crippen LogP contribution in [0.2, 0.25) is 0 Å². The second-order valence-corrected chi connectivity index (χ2v) is 6.69. The summed E-state index contributed by atoms with van der Waals surface area (Å²) in [5, 5.41) is 2.58. The second-order valence-electron chi connectivity index (χ2n) is 6.69. The van der Waals surface area contributed by atoms with Crippen LogP contribution in [-0.2, 0) is 9.53 Å². The van der Waals surface area contributed by atoms with Crippen molar-refractivity contribution in [3.63, 3.8) is 0 Å². The zero-order chi connectivity index (χ0) is 20.3. The van der Waals surface area contributed by atoms with Gasteiger partial charge in [0.25, 0.3) is 0 Å². The number of hydrogen-bond donors (Lipinski definition) is 1. The van der Waals surface area contributed by atoms with E-state index in [9.17, 15) is 18.4 Å². The fourth-order valence-electron chi connectivity index (χ4n) is 3.29. The number of amides is 2. The molecule has 1 N–H and O–H groups in total. The van der Waals surface area contributed by atoms with Gasteiger partial charge in [0.15, 0.2) is 6.20 Å². The number of benzene rings is 1. The third-order valence-electron chi connectivity index (χ3n) is 4.72. The number of piperidine rings is 1. The van der Waals surface area contributed by atoms with Gasteiger partial charge in [-0.2, -0.15) is 0 Å². The van der Waals surface area contributed by atoms with Crippen LogP contribution >= 0.6 is 0 Å². The Kier molecular flexibility index (Phi) is 5.78. The van der Waals surface area contributed by atoms with Crippen molar-refractivity contribution in [2.45, 2.75) is 25.6 Å². The fourth-order valence-corrected chi connectivity index (χ4v) is 3.29. The molecule has 3 rings (SSSR count). The number of halogens is 2. The highest BCUT2D eigenvalue weighted by molar-refractivity contribution is 5.90. The Hall–Kier alpha value is -3.15. The van der Waals surface area contributed by atoms with E-state index in [0.717, 1.165) is 0 Å². The van der Waals surface area contributed by atoms with Crippen molar-refractivity contribution >= 4 is 23.4 Å². The van der Waals surface area contributed by atoms with Gasteiger partial charge in [-0.3, -0.25) is 9.69 Å². The van der Waals surface area contributed by atoms with E-state index in [1.54, 1.807) is 11.0 Å². The first kappa shape index (κ1) is 19.6. The van der Waals surface area contributed by atoms with Gasteiger partial charge in [-0.05, 0) is 30.2 Å². The van der Waals surface area contributed by atoms with Gasteiger partial charge in [-0.15, -0.1) is 0 Å². The summed E-state index contributed by atoms with van der Waals surface area (Å²) in [5.41, 5.74) is 1.00. The lowest BCUT2D eigenvalue weighted by Gasteiger charge is -2.33. The van der Waals surface area contributed by atoms with Crippen molar-refractivity contribution in [1.82, 2.24) is 5.32 Å². The van der Waals surface area contributed by atoms with Crippen molar-refractivity contribution in [3.8, 4) is 0 Å². The summed E-state index contributed by atoms with van der Waals surface area (Å²) in [6.07, 6.45) is -0.893. The number of rotatable bonds is 4. The lowest BCUT2D eigenvalue weighted by atomic mass is 10.0. The van der Waals surface area contributed by atoms with E-state index in [2.05, 4.69) is 10.2 Å². The molecule has 0 spiro atoms. The second kappa shape index (κ2) is 8.25. The quantitative estimate of drug-likeness (QED) is 0.803. The van der Waals surface area contributed by atoms with Gasteiger partial charge in [-0.1, -0.05) is 0 Å². The lowest BCUT2D eigenvalue weighted by molar-refractivity contribution is -0.119. The van der Waals surface area contributed by atoms with Crippen LogP contribution in [0.4, 0.5) is 25.0 Å². The fraction of sp³-hybridized carbons (Fsp3) is 0.421. The Morgan fingerprint density at radius 1 is 1.46 bits per heavy atom. The summed E-state index contributed by atoms with van der Waals surface area (Å²) >= 11 is 0. The molecule has 9 heteroatoms. The van der Waals surface area contributed by atoms with Crippen molar-refractivity contribution in [2.24, 2.45) is 0 Å².